The number of benzene rings is 1. The first-order valence-electron chi connectivity index (χ1n) is 5.60. The van der Waals surface area contributed by atoms with E-state index >= 15 is 0 Å². The van der Waals surface area contributed by atoms with E-state index in [-0.39, 0.29) is 0 Å². The van der Waals surface area contributed by atoms with Crippen molar-refractivity contribution in [3.05, 3.63) is 42.4 Å². The number of hydrogen-bond donors (Lipinski definition) is 0. The van der Waals surface area contributed by atoms with Crippen LogP contribution in [0, 0.1) is 6.92 Å². The molecule has 1 aromatic carbocycles. The van der Waals surface area contributed by atoms with Crippen LogP contribution in [0.4, 0.5) is 0 Å². The Bertz CT molecular complexity index is 705. The van der Waals surface area contributed by atoms with Crippen molar-refractivity contribution < 1.29 is 0 Å². The van der Waals surface area contributed by atoms with Gasteiger partial charge in [-0.3, -0.25) is 4.98 Å². The lowest BCUT2D eigenvalue weighted by molar-refractivity contribution is 0.865. The number of hydrogen-bond acceptors (Lipinski definition) is 3. The monoisotopic (exact) mass is 350 g/mol. The third-order valence-electron chi connectivity index (χ3n) is 2.92. The smallest absolute Gasteiger partial charge is 0.164 e. The molecule has 0 saturated carbocycles. The van der Waals surface area contributed by atoms with Crippen LogP contribution in [0.2, 0.25) is 0 Å². The standard InChI is InChI=1S/C13H11IN4/c1-9-16-17-13(18(9)8-14)11-4-5-12-10(7-11)3-2-6-15-12/h2-7H,8H2,1H3. The number of rotatable bonds is 2. The van der Waals surface area contributed by atoms with Crippen LogP contribution in [0.5, 0.6) is 0 Å². The molecular weight excluding hydrogens is 339 g/mol. The number of aromatic nitrogens is 4. The molecule has 0 aliphatic rings. The van der Waals surface area contributed by atoms with E-state index in [1.54, 1.807) is 6.20 Å². The van der Waals surface area contributed by atoms with Crippen molar-refractivity contribution in [2.24, 2.45) is 0 Å². The molecule has 0 aliphatic carbocycles. The third kappa shape index (κ3) is 1.88. The largest absolute Gasteiger partial charge is 0.301 e. The predicted octanol–water partition coefficient (Wildman–Crippen LogP) is 3.19. The van der Waals surface area contributed by atoms with Crippen LogP contribution >= 0.6 is 22.6 Å². The fourth-order valence-corrected chi connectivity index (χ4v) is 2.77. The van der Waals surface area contributed by atoms with E-state index in [0.717, 1.165) is 32.7 Å². The van der Waals surface area contributed by atoms with Gasteiger partial charge in [-0.15, -0.1) is 10.2 Å². The molecule has 0 radical (unpaired) electrons. The van der Waals surface area contributed by atoms with E-state index in [0.29, 0.717) is 0 Å². The quantitative estimate of drug-likeness (QED) is 0.527. The molecule has 0 amide bonds. The Hall–Kier alpha value is -1.50. The number of aryl methyl sites for hydroxylation is 1. The highest BCUT2D eigenvalue weighted by atomic mass is 127. The Morgan fingerprint density at radius 2 is 2.11 bits per heavy atom. The van der Waals surface area contributed by atoms with Crippen LogP contribution in [-0.2, 0) is 4.55 Å². The maximum absolute atomic E-state index is 4.32. The lowest BCUT2D eigenvalue weighted by Crippen LogP contribution is -1.98. The van der Waals surface area contributed by atoms with Crippen LogP contribution < -0.4 is 0 Å². The van der Waals surface area contributed by atoms with Crippen LogP contribution in [0.15, 0.2) is 36.5 Å². The second-order valence-corrected chi connectivity index (χ2v) is 4.71. The molecule has 0 spiro atoms. The van der Waals surface area contributed by atoms with Crippen molar-refractivity contribution in [2.75, 3.05) is 0 Å². The summed E-state index contributed by atoms with van der Waals surface area (Å²) in [5.41, 5.74) is 2.08. The van der Waals surface area contributed by atoms with Crippen LogP contribution in [0.3, 0.4) is 0 Å². The van der Waals surface area contributed by atoms with Crippen LogP contribution in [0.25, 0.3) is 22.3 Å². The van der Waals surface area contributed by atoms with E-state index in [9.17, 15) is 0 Å². The number of pyridine rings is 1. The molecule has 3 rings (SSSR count). The van der Waals surface area contributed by atoms with Crippen molar-refractivity contribution in [3.63, 3.8) is 0 Å². The minimum absolute atomic E-state index is 0.844. The summed E-state index contributed by atoms with van der Waals surface area (Å²) in [5.74, 6) is 1.85. The van der Waals surface area contributed by atoms with E-state index in [2.05, 4.69) is 54.5 Å². The second kappa shape index (κ2) is 4.64. The van der Waals surface area contributed by atoms with E-state index in [1.165, 1.54) is 0 Å². The first-order chi connectivity index (χ1) is 8.79. The first kappa shape index (κ1) is 11.6. The number of nitrogens with zero attached hydrogens (tertiary/aromatic N) is 4. The first-order valence-corrected chi connectivity index (χ1v) is 7.13. The topological polar surface area (TPSA) is 43.6 Å². The second-order valence-electron chi connectivity index (χ2n) is 4.03. The summed E-state index contributed by atoms with van der Waals surface area (Å²) >= 11 is 2.32. The summed E-state index contributed by atoms with van der Waals surface area (Å²) in [6.45, 7) is 1.97. The summed E-state index contributed by atoms with van der Waals surface area (Å²) in [4.78, 5) is 4.32. The van der Waals surface area contributed by atoms with Gasteiger partial charge in [-0.1, -0.05) is 28.7 Å². The maximum Gasteiger partial charge on any atom is 0.164 e. The molecule has 0 atom stereocenters. The number of alkyl halides is 1. The molecule has 0 unspecified atom stereocenters. The Morgan fingerprint density at radius 3 is 2.94 bits per heavy atom. The maximum atomic E-state index is 4.32. The van der Waals surface area contributed by atoms with Gasteiger partial charge in [-0.05, 0) is 31.2 Å². The molecule has 0 bridgehead atoms. The third-order valence-corrected chi connectivity index (χ3v) is 3.60. The van der Waals surface area contributed by atoms with Crippen LogP contribution in [-0.4, -0.2) is 19.7 Å². The molecule has 3 aromatic rings. The van der Waals surface area contributed by atoms with Gasteiger partial charge in [0.15, 0.2) is 5.82 Å². The molecule has 0 N–H and O–H groups in total. The molecule has 0 saturated heterocycles. The normalized spacial score (nSPS) is 11.0. The highest BCUT2D eigenvalue weighted by Gasteiger charge is 2.10. The lowest BCUT2D eigenvalue weighted by Gasteiger charge is -2.05. The summed E-state index contributed by atoms with van der Waals surface area (Å²) in [5, 5.41) is 9.51. The van der Waals surface area contributed by atoms with Crippen molar-refractivity contribution in [3.8, 4) is 11.4 Å². The average Bonchev–Trinajstić information content (AvgIpc) is 2.79. The zero-order valence-electron chi connectivity index (χ0n) is 9.84. The Kier molecular flexibility index (Phi) is 2.99. The van der Waals surface area contributed by atoms with Gasteiger partial charge in [0.05, 0.1) is 10.1 Å². The summed E-state index contributed by atoms with van der Waals surface area (Å²) in [7, 11) is 0. The van der Waals surface area contributed by atoms with Gasteiger partial charge in [0.1, 0.15) is 5.82 Å². The minimum atomic E-state index is 0.844. The van der Waals surface area contributed by atoms with Crippen molar-refractivity contribution >= 4 is 33.5 Å². The summed E-state index contributed by atoms with van der Waals surface area (Å²) < 4.78 is 2.94. The minimum Gasteiger partial charge on any atom is -0.301 e. The van der Waals surface area contributed by atoms with Gasteiger partial charge in [0.25, 0.3) is 0 Å². The Morgan fingerprint density at radius 1 is 1.22 bits per heavy atom. The molecule has 0 fully saturated rings. The highest BCUT2D eigenvalue weighted by Crippen LogP contribution is 2.23. The van der Waals surface area contributed by atoms with Crippen molar-refractivity contribution in [2.45, 2.75) is 11.5 Å². The molecular formula is C13H11IN4. The molecule has 18 heavy (non-hydrogen) atoms. The van der Waals surface area contributed by atoms with E-state index < -0.39 is 0 Å². The molecule has 2 heterocycles. The Labute approximate surface area is 118 Å². The molecule has 0 aliphatic heterocycles. The predicted molar refractivity (Wildman–Crippen MR) is 79.5 cm³/mol. The van der Waals surface area contributed by atoms with Crippen molar-refractivity contribution in [1.82, 2.24) is 19.7 Å². The molecule has 2 aromatic heterocycles. The van der Waals surface area contributed by atoms with Gasteiger partial charge >= 0.3 is 0 Å². The zero-order chi connectivity index (χ0) is 12.5. The molecule has 5 heteroatoms. The van der Waals surface area contributed by atoms with E-state index in [4.69, 9.17) is 0 Å². The average molecular weight is 350 g/mol. The Balaban J connectivity index is 2.19. The van der Waals surface area contributed by atoms with Gasteiger partial charge < -0.3 is 4.57 Å². The fraction of sp³-hybridized carbons (Fsp3) is 0.154. The van der Waals surface area contributed by atoms with Crippen molar-refractivity contribution in [1.29, 1.82) is 0 Å². The van der Waals surface area contributed by atoms with Crippen LogP contribution in [0.1, 0.15) is 5.82 Å². The SMILES string of the molecule is Cc1nnc(-c2ccc3ncccc3c2)n1CI. The molecule has 90 valence electrons. The van der Waals surface area contributed by atoms with Gasteiger partial charge in [-0.25, -0.2) is 0 Å². The van der Waals surface area contributed by atoms with Gasteiger partial charge in [0.2, 0.25) is 0 Å². The summed E-state index contributed by atoms with van der Waals surface area (Å²) in [6, 6.07) is 10.2. The fourth-order valence-electron chi connectivity index (χ4n) is 1.95. The highest BCUT2D eigenvalue weighted by molar-refractivity contribution is 14.1. The number of fused-ring (bicyclic) bond motifs is 1. The lowest BCUT2D eigenvalue weighted by atomic mass is 10.1. The summed E-state index contributed by atoms with van der Waals surface area (Å²) in [6.07, 6.45) is 1.81. The molecule has 4 nitrogen and oxygen atoms in total. The van der Waals surface area contributed by atoms with Gasteiger partial charge in [-0.2, -0.15) is 0 Å². The van der Waals surface area contributed by atoms with Gasteiger partial charge in [0, 0.05) is 17.1 Å². The zero-order valence-corrected chi connectivity index (χ0v) is 12.0. The number of halogens is 1. The van der Waals surface area contributed by atoms with E-state index in [1.807, 2.05) is 25.1 Å².